The minimum Gasteiger partial charge on any atom is -0.322 e. The molecular weight excluding hydrogens is 269 g/mol. The van der Waals surface area contributed by atoms with E-state index in [4.69, 9.17) is 11.6 Å². The summed E-state index contributed by atoms with van der Waals surface area (Å²) < 4.78 is 13.5. The lowest BCUT2D eigenvalue weighted by Crippen LogP contribution is -2.47. The zero-order valence-corrected chi connectivity index (χ0v) is 11.6. The molecule has 0 radical (unpaired) electrons. The quantitative estimate of drug-likeness (QED) is 0.918. The van der Waals surface area contributed by atoms with Crippen LogP contribution in [0.3, 0.4) is 0 Å². The Balaban J connectivity index is 1.87. The number of piperazine rings is 1. The number of likely N-dealkylation sites (N-methyl/N-ethyl adjacent to an activating group) is 1. The predicted molar refractivity (Wildman–Crippen MR) is 74.0 cm³/mol. The number of rotatable bonds is 3. The zero-order valence-electron chi connectivity index (χ0n) is 10.8. The first-order valence-electron chi connectivity index (χ1n) is 6.20. The van der Waals surface area contributed by atoms with E-state index in [0.29, 0.717) is 5.02 Å². The monoisotopic (exact) mass is 285 g/mol. The fourth-order valence-electron chi connectivity index (χ4n) is 1.99. The number of benzene rings is 1. The summed E-state index contributed by atoms with van der Waals surface area (Å²) in [4.78, 5) is 16.1. The zero-order chi connectivity index (χ0) is 13.8. The van der Waals surface area contributed by atoms with Crippen molar-refractivity contribution < 1.29 is 9.18 Å². The highest BCUT2D eigenvalue weighted by atomic mass is 35.5. The molecule has 1 aliphatic heterocycles. The molecule has 1 aromatic rings. The SMILES string of the molecule is CN1CCN(CC(=O)Nc2ccc(Cl)cc2F)CC1. The van der Waals surface area contributed by atoms with Gasteiger partial charge in [0.2, 0.25) is 5.91 Å². The summed E-state index contributed by atoms with van der Waals surface area (Å²) in [6, 6.07) is 4.21. The molecule has 0 aliphatic carbocycles. The minimum absolute atomic E-state index is 0.170. The van der Waals surface area contributed by atoms with Gasteiger partial charge in [-0.05, 0) is 25.2 Å². The number of halogens is 2. The Bertz CT molecular complexity index is 461. The van der Waals surface area contributed by atoms with Crippen LogP contribution in [0.25, 0.3) is 0 Å². The second-order valence-corrected chi connectivity index (χ2v) is 5.19. The van der Waals surface area contributed by atoms with E-state index in [2.05, 4.69) is 22.2 Å². The largest absolute Gasteiger partial charge is 0.322 e. The van der Waals surface area contributed by atoms with Gasteiger partial charge in [0.05, 0.1) is 12.2 Å². The molecule has 1 heterocycles. The molecule has 1 aliphatic rings. The molecule has 0 spiro atoms. The number of carbonyl (C=O) groups excluding carboxylic acids is 1. The van der Waals surface area contributed by atoms with Crippen molar-refractivity contribution in [1.29, 1.82) is 0 Å². The fourth-order valence-corrected chi connectivity index (χ4v) is 2.15. The summed E-state index contributed by atoms with van der Waals surface area (Å²) >= 11 is 5.66. The molecule has 104 valence electrons. The van der Waals surface area contributed by atoms with Crippen LogP contribution in [-0.4, -0.2) is 55.5 Å². The summed E-state index contributed by atoms with van der Waals surface area (Å²) in [5.74, 6) is -0.718. The Morgan fingerprint density at radius 3 is 2.68 bits per heavy atom. The molecular formula is C13H17ClFN3O. The molecule has 0 unspecified atom stereocenters. The maximum absolute atomic E-state index is 13.5. The third kappa shape index (κ3) is 4.16. The minimum atomic E-state index is -0.515. The second-order valence-electron chi connectivity index (χ2n) is 4.75. The van der Waals surface area contributed by atoms with Crippen molar-refractivity contribution >= 4 is 23.2 Å². The lowest BCUT2D eigenvalue weighted by molar-refractivity contribution is -0.117. The van der Waals surface area contributed by atoms with Crippen molar-refractivity contribution in [2.24, 2.45) is 0 Å². The normalized spacial score (nSPS) is 17.4. The third-order valence-corrected chi connectivity index (χ3v) is 3.40. The van der Waals surface area contributed by atoms with Gasteiger partial charge >= 0.3 is 0 Å². The van der Waals surface area contributed by atoms with Gasteiger partial charge in [0.1, 0.15) is 5.82 Å². The molecule has 2 rings (SSSR count). The Kier molecular flexibility index (Phi) is 4.74. The molecule has 1 fully saturated rings. The molecule has 1 aromatic carbocycles. The molecule has 1 saturated heterocycles. The average Bonchev–Trinajstić information content (AvgIpc) is 2.36. The average molecular weight is 286 g/mol. The first-order chi connectivity index (χ1) is 9.04. The summed E-state index contributed by atoms with van der Waals surface area (Å²) in [6.45, 7) is 3.89. The van der Waals surface area contributed by atoms with E-state index < -0.39 is 5.82 Å². The summed E-state index contributed by atoms with van der Waals surface area (Å²) in [7, 11) is 2.06. The number of anilines is 1. The van der Waals surface area contributed by atoms with Gasteiger partial charge in [-0.15, -0.1) is 0 Å². The number of hydrogen-bond acceptors (Lipinski definition) is 3. The highest BCUT2D eigenvalue weighted by molar-refractivity contribution is 6.30. The van der Waals surface area contributed by atoms with Crippen LogP contribution in [0.5, 0.6) is 0 Å². The van der Waals surface area contributed by atoms with E-state index >= 15 is 0 Å². The van der Waals surface area contributed by atoms with E-state index in [1.807, 2.05) is 0 Å². The smallest absolute Gasteiger partial charge is 0.238 e. The van der Waals surface area contributed by atoms with Crippen LogP contribution in [0.2, 0.25) is 5.02 Å². The number of amides is 1. The van der Waals surface area contributed by atoms with Gasteiger partial charge in [-0.1, -0.05) is 11.6 Å². The molecule has 0 aromatic heterocycles. The Hall–Kier alpha value is -1.17. The van der Waals surface area contributed by atoms with Crippen molar-refractivity contribution in [1.82, 2.24) is 9.80 Å². The fraction of sp³-hybridized carbons (Fsp3) is 0.462. The third-order valence-electron chi connectivity index (χ3n) is 3.17. The molecule has 0 atom stereocenters. The highest BCUT2D eigenvalue weighted by Crippen LogP contribution is 2.18. The standard InChI is InChI=1S/C13H17ClFN3O/c1-17-4-6-18(7-5-17)9-13(19)16-12-3-2-10(14)8-11(12)15/h2-3,8H,4-7,9H2,1H3,(H,16,19). The maximum Gasteiger partial charge on any atom is 0.238 e. The van der Waals surface area contributed by atoms with Gasteiger partial charge in [-0.3, -0.25) is 9.69 Å². The highest BCUT2D eigenvalue weighted by Gasteiger charge is 2.17. The van der Waals surface area contributed by atoms with Crippen LogP contribution in [-0.2, 0) is 4.79 Å². The second kappa shape index (κ2) is 6.32. The molecule has 0 bridgehead atoms. The van der Waals surface area contributed by atoms with E-state index in [1.165, 1.54) is 12.1 Å². The van der Waals surface area contributed by atoms with E-state index in [9.17, 15) is 9.18 Å². The van der Waals surface area contributed by atoms with Gasteiger partial charge in [-0.25, -0.2) is 4.39 Å². The molecule has 6 heteroatoms. The number of carbonyl (C=O) groups is 1. The summed E-state index contributed by atoms with van der Waals surface area (Å²) in [5.41, 5.74) is 0.170. The van der Waals surface area contributed by atoms with Gasteiger partial charge in [-0.2, -0.15) is 0 Å². The van der Waals surface area contributed by atoms with Crippen LogP contribution in [0.15, 0.2) is 18.2 Å². The number of hydrogen-bond donors (Lipinski definition) is 1. The molecule has 1 N–H and O–H groups in total. The molecule has 19 heavy (non-hydrogen) atoms. The van der Waals surface area contributed by atoms with Crippen LogP contribution < -0.4 is 5.32 Å². The van der Waals surface area contributed by atoms with Crippen LogP contribution >= 0.6 is 11.6 Å². The Morgan fingerprint density at radius 1 is 1.37 bits per heavy atom. The summed E-state index contributed by atoms with van der Waals surface area (Å²) in [5, 5.41) is 2.88. The van der Waals surface area contributed by atoms with Crippen molar-refractivity contribution in [3.05, 3.63) is 29.0 Å². The van der Waals surface area contributed by atoms with Gasteiger partial charge in [0.15, 0.2) is 0 Å². The lowest BCUT2D eigenvalue weighted by Gasteiger charge is -2.31. The van der Waals surface area contributed by atoms with E-state index in [0.717, 1.165) is 26.2 Å². The first-order valence-corrected chi connectivity index (χ1v) is 6.58. The van der Waals surface area contributed by atoms with Crippen LogP contribution in [0, 0.1) is 5.82 Å². The molecule has 0 saturated carbocycles. The molecule has 4 nitrogen and oxygen atoms in total. The maximum atomic E-state index is 13.5. The number of nitrogens with zero attached hydrogens (tertiary/aromatic N) is 2. The van der Waals surface area contributed by atoms with Crippen molar-refractivity contribution in [2.45, 2.75) is 0 Å². The Labute approximate surface area is 117 Å². The first kappa shape index (κ1) is 14.2. The predicted octanol–water partition coefficient (Wildman–Crippen LogP) is 1.66. The Morgan fingerprint density at radius 2 is 2.05 bits per heavy atom. The summed E-state index contributed by atoms with van der Waals surface area (Å²) in [6.07, 6.45) is 0. The number of nitrogens with one attached hydrogen (secondary N) is 1. The van der Waals surface area contributed by atoms with E-state index in [-0.39, 0.29) is 18.1 Å². The van der Waals surface area contributed by atoms with E-state index in [1.54, 1.807) is 6.07 Å². The van der Waals surface area contributed by atoms with Crippen molar-refractivity contribution in [2.75, 3.05) is 45.1 Å². The lowest BCUT2D eigenvalue weighted by atomic mass is 10.3. The van der Waals surface area contributed by atoms with Crippen LogP contribution in [0.1, 0.15) is 0 Å². The van der Waals surface area contributed by atoms with Gasteiger partial charge in [0, 0.05) is 31.2 Å². The van der Waals surface area contributed by atoms with Crippen molar-refractivity contribution in [3.63, 3.8) is 0 Å². The van der Waals surface area contributed by atoms with Gasteiger partial charge in [0.25, 0.3) is 0 Å². The van der Waals surface area contributed by atoms with Crippen molar-refractivity contribution in [3.8, 4) is 0 Å². The topological polar surface area (TPSA) is 35.6 Å². The molecule has 1 amide bonds. The van der Waals surface area contributed by atoms with Gasteiger partial charge < -0.3 is 10.2 Å². The van der Waals surface area contributed by atoms with Crippen LogP contribution in [0.4, 0.5) is 10.1 Å².